The lowest BCUT2D eigenvalue weighted by molar-refractivity contribution is -0.198. The normalized spacial score (nSPS) is 12.8. The number of nitrogens with zero attached hydrogens (tertiary/aromatic N) is 3. The standard InChI is InChI=1S/C21H17F3N4O4/c1-11-4-5-14(20(30)31-12(2)21(22,23)24)17-15(11)8-13(32-17)9-26-19(29)16-10-27-28-7-3-6-25-18(16)28/h3-8,10,12H,9H2,1-2H3,(H,26,29). The first-order valence-electron chi connectivity index (χ1n) is 9.51. The maximum atomic E-state index is 12.7. The van der Waals surface area contributed by atoms with Crippen molar-refractivity contribution in [1.29, 1.82) is 0 Å². The molecule has 32 heavy (non-hydrogen) atoms. The van der Waals surface area contributed by atoms with Gasteiger partial charge >= 0.3 is 12.1 Å². The van der Waals surface area contributed by atoms with Crippen molar-refractivity contribution in [3.8, 4) is 0 Å². The van der Waals surface area contributed by atoms with Gasteiger partial charge in [0.15, 0.2) is 11.8 Å². The molecule has 0 spiro atoms. The van der Waals surface area contributed by atoms with Gasteiger partial charge in [-0.1, -0.05) is 6.07 Å². The Morgan fingerprint density at radius 3 is 2.81 bits per heavy atom. The van der Waals surface area contributed by atoms with E-state index in [2.05, 4.69) is 20.1 Å². The van der Waals surface area contributed by atoms with Gasteiger partial charge in [0.05, 0.1) is 12.7 Å². The molecule has 0 aliphatic rings. The van der Waals surface area contributed by atoms with E-state index < -0.39 is 24.2 Å². The highest BCUT2D eigenvalue weighted by Gasteiger charge is 2.39. The van der Waals surface area contributed by atoms with Gasteiger partial charge in [0.2, 0.25) is 0 Å². The van der Waals surface area contributed by atoms with Crippen molar-refractivity contribution in [3.63, 3.8) is 0 Å². The Balaban J connectivity index is 1.55. The van der Waals surface area contributed by atoms with Crippen LogP contribution in [0, 0.1) is 6.92 Å². The first-order valence-corrected chi connectivity index (χ1v) is 9.51. The number of furan rings is 1. The molecule has 0 aliphatic carbocycles. The van der Waals surface area contributed by atoms with Crippen LogP contribution in [0.25, 0.3) is 16.6 Å². The molecule has 4 rings (SSSR count). The number of hydrogen-bond acceptors (Lipinski definition) is 6. The third-order valence-electron chi connectivity index (χ3n) is 4.86. The Bertz CT molecular complexity index is 1330. The summed E-state index contributed by atoms with van der Waals surface area (Å²) in [5.74, 6) is -1.28. The Morgan fingerprint density at radius 1 is 1.28 bits per heavy atom. The Hall–Kier alpha value is -3.89. The van der Waals surface area contributed by atoms with Crippen LogP contribution in [-0.4, -0.2) is 38.8 Å². The van der Waals surface area contributed by atoms with Gasteiger partial charge in [0.1, 0.15) is 22.5 Å². The molecule has 166 valence electrons. The number of rotatable bonds is 5. The molecule has 3 heterocycles. The second kappa shape index (κ2) is 7.98. The molecule has 0 radical (unpaired) electrons. The molecule has 1 amide bonds. The summed E-state index contributed by atoms with van der Waals surface area (Å²) in [7, 11) is 0. The second-order valence-corrected chi connectivity index (χ2v) is 7.10. The molecule has 1 unspecified atom stereocenters. The van der Waals surface area contributed by atoms with Crippen molar-refractivity contribution >= 4 is 28.5 Å². The number of halogens is 3. The maximum absolute atomic E-state index is 12.7. The SMILES string of the molecule is Cc1ccc(C(=O)OC(C)C(F)(F)F)c2oc(CNC(=O)c3cnn4cccnc34)cc12. The number of benzene rings is 1. The summed E-state index contributed by atoms with van der Waals surface area (Å²) >= 11 is 0. The first-order chi connectivity index (χ1) is 15.1. The molecule has 0 saturated heterocycles. The zero-order valence-electron chi connectivity index (χ0n) is 16.9. The summed E-state index contributed by atoms with van der Waals surface area (Å²) in [6, 6.07) is 6.22. The third kappa shape index (κ3) is 4.01. The number of aromatic nitrogens is 3. The second-order valence-electron chi connectivity index (χ2n) is 7.10. The number of nitrogens with one attached hydrogen (secondary N) is 1. The number of esters is 1. The summed E-state index contributed by atoms with van der Waals surface area (Å²) in [5.41, 5.74) is 1.35. The van der Waals surface area contributed by atoms with E-state index >= 15 is 0 Å². The fraction of sp³-hybridized carbons (Fsp3) is 0.238. The fourth-order valence-corrected chi connectivity index (χ4v) is 3.10. The van der Waals surface area contributed by atoms with Crippen LogP contribution >= 0.6 is 0 Å². The van der Waals surface area contributed by atoms with Gasteiger partial charge in [-0.05, 0) is 37.6 Å². The lowest BCUT2D eigenvalue weighted by atomic mass is 10.1. The van der Waals surface area contributed by atoms with Gasteiger partial charge < -0.3 is 14.5 Å². The monoisotopic (exact) mass is 446 g/mol. The molecule has 0 fully saturated rings. The van der Waals surface area contributed by atoms with Crippen molar-refractivity contribution in [1.82, 2.24) is 19.9 Å². The summed E-state index contributed by atoms with van der Waals surface area (Å²) in [6.45, 7) is 2.49. The molecule has 8 nitrogen and oxygen atoms in total. The molecule has 1 aromatic carbocycles. The molecule has 0 saturated carbocycles. The zero-order valence-corrected chi connectivity index (χ0v) is 16.9. The van der Waals surface area contributed by atoms with Crippen LogP contribution in [0.5, 0.6) is 0 Å². The summed E-state index contributed by atoms with van der Waals surface area (Å²) in [6.07, 6.45) is -2.36. The van der Waals surface area contributed by atoms with Gasteiger partial charge in [-0.15, -0.1) is 0 Å². The smallest absolute Gasteiger partial charge is 0.425 e. The highest BCUT2D eigenvalue weighted by atomic mass is 19.4. The van der Waals surface area contributed by atoms with E-state index in [4.69, 9.17) is 4.42 Å². The number of alkyl halides is 3. The van der Waals surface area contributed by atoms with Crippen LogP contribution in [0.4, 0.5) is 13.2 Å². The third-order valence-corrected chi connectivity index (χ3v) is 4.86. The molecule has 3 aromatic heterocycles. The number of hydrogen-bond donors (Lipinski definition) is 1. The van der Waals surface area contributed by atoms with Crippen LogP contribution in [0.1, 0.15) is 39.0 Å². The molecular formula is C21H17F3N4O4. The molecule has 0 aliphatic heterocycles. The molecule has 1 N–H and O–H groups in total. The number of ether oxygens (including phenoxy) is 1. The van der Waals surface area contributed by atoms with Crippen LogP contribution in [0.2, 0.25) is 0 Å². The van der Waals surface area contributed by atoms with Gasteiger partial charge in [-0.2, -0.15) is 18.3 Å². The van der Waals surface area contributed by atoms with E-state index in [1.807, 2.05) is 0 Å². The zero-order chi connectivity index (χ0) is 23.0. The lowest BCUT2D eigenvalue weighted by Crippen LogP contribution is -2.30. The van der Waals surface area contributed by atoms with Crippen molar-refractivity contribution in [2.45, 2.75) is 32.7 Å². The van der Waals surface area contributed by atoms with Gasteiger partial charge in [-0.25, -0.2) is 14.3 Å². The largest absolute Gasteiger partial charge is 0.458 e. The minimum atomic E-state index is -4.68. The average molecular weight is 446 g/mol. The molecule has 4 aromatic rings. The van der Waals surface area contributed by atoms with E-state index in [-0.39, 0.29) is 23.3 Å². The predicted molar refractivity (Wildman–Crippen MR) is 106 cm³/mol. The van der Waals surface area contributed by atoms with E-state index in [9.17, 15) is 22.8 Å². The quantitative estimate of drug-likeness (QED) is 0.468. The van der Waals surface area contributed by atoms with Crippen LogP contribution < -0.4 is 5.32 Å². The maximum Gasteiger partial charge on any atom is 0.425 e. The summed E-state index contributed by atoms with van der Waals surface area (Å²) in [5, 5.41) is 7.26. The van der Waals surface area contributed by atoms with Crippen LogP contribution in [-0.2, 0) is 11.3 Å². The Morgan fingerprint density at radius 2 is 2.06 bits per heavy atom. The van der Waals surface area contributed by atoms with Crippen LogP contribution in [0.3, 0.4) is 0 Å². The molecular weight excluding hydrogens is 429 g/mol. The van der Waals surface area contributed by atoms with E-state index in [0.717, 1.165) is 12.5 Å². The predicted octanol–water partition coefficient (Wildman–Crippen LogP) is 3.82. The molecule has 11 heteroatoms. The highest BCUT2D eigenvalue weighted by molar-refractivity contribution is 6.03. The average Bonchev–Trinajstić information content (AvgIpc) is 3.36. The van der Waals surface area contributed by atoms with E-state index in [1.54, 1.807) is 31.3 Å². The number of amides is 1. The van der Waals surface area contributed by atoms with Crippen molar-refractivity contribution < 1.29 is 31.9 Å². The Kier molecular flexibility index (Phi) is 5.33. The minimum absolute atomic E-state index is 0.0232. The van der Waals surface area contributed by atoms with E-state index in [0.29, 0.717) is 16.8 Å². The molecule has 0 bridgehead atoms. The lowest BCUT2D eigenvalue weighted by Gasteiger charge is -2.16. The number of aryl methyl sites for hydroxylation is 1. The first kappa shape index (κ1) is 21.3. The molecule has 1 atom stereocenters. The van der Waals surface area contributed by atoms with Crippen molar-refractivity contribution in [2.75, 3.05) is 0 Å². The minimum Gasteiger partial charge on any atom is -0.458 e. The summed E-state index contributed by atoms with van der Waals surface area (Å²) < 4.78 is 49.9. The summed E-state index contributed by atoms with van der Waals surface area (Å²) in [4.78, 5) is 29.0. The van der Waals surface area contributed by atoms with Gasteiger partial charge in [0.25, 0.3) is 5.91 Å². The Labute approximate surface area is 179 Å². The van der Waals surface area contributed by atoms with Gasteiger partial charge in [-0.3, -0.25) is 4.79 Å². The fourth-order valence-electron chi connectivity index (χ4n) is 3.10. The van der Waals surface area contributed by atoms with E-state index in [1.165, 1.54) is 23.0 Å². The topological polar surface area (TPSA) is 98.7 Å². The number of carbonyl (C=O) groups is 2. The number of fused-ring (bicyclic) bond motifs is 2. The van der Waals surface area contributed by atoms with Crippen molar-refractivity contribution in [2.24, 2.45) is 0 Å². The van der Waals surface area contributed by atoms with Crippen LogP contribution in [0.15, 0.2) is 47.3 Å². The number of carbonyl (C=O) groups excluding carboxylic acids is 2. The van der Waals surface area contributed by atoms with Gasteiger partial charge in [0, 0.05) is 17.8 Å². The highest BCUT2D eigenvalue weighted by Crippen LogP contribution is 2.29. The van der Waals surface area contributed by atoms with Crippen molar-refractivity contribution in [3.05, 3.63) is 65.3 Å².